The molecule has 6 heteroatoms. The minimum absolute atomic E-state index is 0.117. The summed E-state index contributed by atoms with van der Waals surface area (Å²) in [5.74, 6) is 0.271. The highest BCUT2D eigenvalue weighted by atomic mass is 16.5. The molecule has 134 valence electrons. The van der Waals surface area contributed by atoms with Gasteiger partial charge < -0.3 is 9.64 Å². The molecular weight excluding hydrogens is 306 g/mol. The summed E-state index contributed by atoms with van der Waals surface area (Å²) >= 11 is 0. The third-order valence-corrected chi connectivity index (χ3v) is 4.91. The van der Waals surface area contributed by atoms with E-state index in [2.05, 4.69) is 12.0 Å². The Morgan fingerprint density at radius 2 is 1.96 bits per heavy atom. The Labute approximate surface area is 144 Å². The predicted octanol–water partition coefficient (Wildman–Crippen LogP) is 2.47. The lowest BCUT2D eigenvalue weighted by molar-refractivity contribution is -0.152. The molecule has 1 aliphatic carbocycles. The van der Waals surface area contributed by atoms with Crippen LogP contribution in [0.4, 0.5) is 0 Å². The lowest BCUT2D eigenvalue weighted by Crippen LogP contribution is -2.41. The maximum Gasteiger partial charge on any atom is 0.308 e. The van der Waals surface area contributed by atoms with Gasteiger partial charge in [0.25, 0.3) is 5.91 Å². The molecule has 1 fully saturated rings. The van der Waals surface area contributed by atoms with Gasteiger partial charge in [0.2, 0.25) is 0 Å². The Hall–Kier alpha value is -1.85. The van der Waals surface area contributed by atoms with E-state index in [1.165, 1.54) is 0 Å². The van der Waals surface area contributed by atoms with Gasteiger partial charge in [-0.3, -0.25) is 14.3 Å². The predicted molar refractivity (Wildman–Crippen MR) is 91.5 cm³/mol. The molecule has 0 aliphatic heterocycles. The van der Waals surface area contributed by atoms with Crippen LogP contribution in [0.2, 0.25) is 0 Å². The minimum atomic E-state index is -0.360. The van der Waals surface area contributed by atoms with Gasteiger partial charge in [-0.05, 0) is 51.5 Å². The van der Waals surface area contributed by atoms with Crippen LogP contribution < -0.4 is 0 Å². The molecule has 0 saturated heterocycles. The first-order chi connectivity index (χ1) is 11.4. The smallest absolute Gasteiger partial charge is 0.308 e. The number of nitrogens with zero attached hydrogens (tertiary/aromatic N) is 3. The van der Waals surface area contributed by atoms with Crippen LogP contribution in [0.1, 0.15) is 50.4 Å². The molecule has 6 nitrogen and oxygen atoms in total. The molecule has 0 spiro atoms. The van der Waals surface area contributed by atoms with E-state index in [9.17, 15) is 9.59 Å². The van der Waals surface area contributed by atoms with Crippen molar-refractivity contribution in [3.05, 3.63) is 17.5 Å². The van der Waals surface area contributed by atoms with Gasteiger partial charge in [0.05, 0.1) is 18.7 Å². The molecule has 0 atom stereocenters. The van der Waals surface area contributed by atoms with Crippen LogP contribution in [0, 0.1) is 19.8 Å². The summed E-state index contributed by atoms with van der Waals surface area (Å²) < 4.78 is 6.92. The van der Waals surface area contributed by atoms with E-state index in [-0.39, 0.29) is 30.9 Å². The third kappa shape index (κ3) is 5.08. The first-order valence-electron chi connectivity index (χ1n) is 8.79. The topological polar surface area (TPSA) is 64.4 Å². The second-order valence-electron chi connectivity index (χ2n) is 6.98. The van der Waals surface area contributed by atoms with E-state index >= 15 is 0 Å². The first-order valence-corrected chi connectivity index (χ1v) is 8.79. The van der Waals surface area contributed by atoms with Crippen LogP contribution in [-0.2, 0) is 20.9 Å². The molecule has 2 rings (SSSR count). The highest BCUT2D eigenvalue weighted by Gasteiger charge is 2.25. The fraction of sp³-hybridized carbons (Fsp3) is 0.722. The first kappa shape index (κ1) is 18.5. The molecule has 0 aromatic carbocycles. The number of likely N-dealkylation sites (N-methyl/N-ethyl adjacent to an activating group) is 1. The van der Waals surface area contributed by atoms with Gasteiger partial charge in [0.1, 0.15) is 0 Å². The zero-order valence-corrected chi connectivity index (χ0v) is 15.2. The van der Waals surface area contributed by atoms with Gasteiger partial charge in [0, 0.05) is 18.8 Å². The van der Waals surface area contributed by atoms with E-state index in [1.807, 2.05) is 27.0 Å². The molecule has 1 amide bonds. The third-order valence-electron chi connectivity index (χ3n) is 4.91. The standard InChI is InChI=1S/C18H29N3O3/c1-13-5-7-16(8-6-13)20(4)17(22)12-24-18(23)9-10-21-15(3)11-14(2)19-21/h11,13,16H,5-10,12H2,1-4H3. The van der Waals surface area contributed by atoms with Crippen LogP contribution in [0.3, 0.4) is 0 Å². The maximum absolute atomic E-state index is 12.2. The normalized spacial score (nSPS) is 20.7. The van der Waals surface area contributed by atoms with Crippen LogP contribution in [0.25, 0.3) is 0 Å². The van der Waals surface area contributed by atoms with Gasteiger partial charge in [-0.2, -0.15) is 5.10 Å². The van der Waals surface area contributed by atoms with E-state index in [0.29, 0.717) is 6.54 Å². The van der Waals surface area contributed by atoms with E-state index in [1.54, 1.807) is 9.58 Å². The van der Waals surface area contributed by atoms with Gasteiger partial charge >= 0.3 is 5.97 Å². The van der Waals surface area contributed by atoms with E-state index in [4.69, 9.17) is 4.74 Å². The Kier molecular flexibility index (Phi) is 6.40. The van der Waals surface area contributed by atoms with Crippen LogP contribution in [-0.4, -0.2) is 46.3 Å². The monoisotopic (exact) mass is 335 g/mol. The van der Waals surface area contributed by atoms with Crippen LogP contribution in [0.5, 0.6) is 0 Å². The number of carbonyl (C=O) groups excluding carboxylic acids is 2. The van der Waals surface area contributed by atoms with Gasteiger partial charge in [-0.1, -0.05) is 6.92 Å². The van der Waals surface area contributed by atoms with Crippen molar-refractivity contribution >= 4 is 11.9 Å². The quantitative estimate of drug-likeness (QED) is 0.749. The maximum atomic E-state index is 12.2. The molecule has 0 N–H and O–H groups in total. The summed E-state index contributed by atoms with van der Waals surface area (Å²) in [5.41, 5.74) is 1.95. The fourth-order valence-electron chi connectivity index (χ4n) is 3.25. The number of carbonyl (C=O) groups is 2. The van der Waals surface area contributed by atoms with Crippen LogP contribution in [0.15, 0.2) is 6.07 Å². The molecule has 1 heterocycles. The molecule has 1 aromatic heterocycles. The van der Waals surface area contributed by atoms with Gasteiger partial charge in [-0.25, -0.2) is 0 Å². The zero-order valence-electron chi connectivity index (χ0n) is 15.2. The summed E-state index contributed by atoms with van der Waals surface area (Å²) in [6, 6.07) is 2.25. The minimum Gasteiger partial charge on any atom is -0.456 e. The molecule has 1 aromatic rings. The van der Waals surface area contributed by atoms with Gasteiger partial charge in [-0.15, -0.1) is 0 Å². The number of aryl methyl sites for hydroxylation is 3. The van der Waals surface area contributed by atoms with Crippen molar-refractivity contribution in [2.75, 3.05) is 13.7 Å². The highest BCUT2D eigenvalue weighted by molar-refractivity contribution is 5.80. The second kappa shape index (κ2) is 8.31. The second-order valence-corrected chi connectivity index (χ2v) is 6.98. The Balaban J connectivity index is 1.70. The summed E-state index contributed by atoms with van der Waals surface area (Å²) in [7, 11) is 1.81. The number of hydrogen-bond donors (Lipinski definition) is 0. The number of rotatable bonds is 6. The fourth-order valence-corrected chi connectivity index (χ4v) is 3.25. The average Bonchev–Trinajstić information content (AvgIpc) is 2.88. The molecular formula is C18H29N3O3. The van der Waals surface area contributed by atoms with Crippen molar-refractivity contribution < 1.29 is 14.3 Å². The molecule has 0 unspecified atom stereocenters. The van der Waals surface area contributed by atoms with Crippen molar-refractivity contribution in [3.63, 3.8) is 0 Å². The lowest BCUT2D eigenvalue weighted by Gasteiger charge is -2.33. The molecule has 0 bridgehead atoms. The number of aromatic nitrogens is 2. The van der Waals surface area contributed by atoms with Crippen LogP contribution >= 0.6 is 0 Å². The Bertz CT molecular complexity index is 574. The largest absolute Gasteiger partial charge is 0.456 e. The lowest BCUT2D eigenvalue weighted by atomic mass is 9.87. The summed E-state index contributed by atoms with van der Waals surface area (Å²) in [6.45, 7) is 6.43. The summed E-state index contributed by atoms with van der Waals surface area (Å²) in [6.07, 6.45) is 4.61. The van der Waals surface area contributed by atoms with E-state index < -0.39 is 0 Å². The number of esters is 1. The van der Waals surface area contributed by atoms with Crippen molar-refractivity contribution in [2.45, 2.75) is 65.5 Å². The number of amides is 1. The Morgan fingerprint density at radius 3 is 2.54 bits per heavy atom. The average molecular weight is 335 g/mol. The summed E-state index contributed by atoms with van der Waals surface area (Å²) in [4.78, 5) is 25.8. The molecule has 1 aliphatic rings. The number of ether oxygens (including phenoxy) is 1. The molecule has 24 heavy (non-hydrogen) atoms. The van der Waals surface area contributed by atoms with Crippen molar-refractivity contribution in [3.8, 4) is 0 Å². The SMILES string of the molecule is Cc1cc(C)n(CCC(=O)OCC(=O)N(C)C2CCC(C)CC2)n1. The molecule has 0 radical (unpaired) electrons. The van der Waals surface area contributed by atoms with Crippen molar-refractivity contribution in [1.29, 1.82) is 0 Å². The zero-order chi connectivity index (χ0) is 17.7. The van der Waals surface area contributed by atoms with Crippen molar-refractivity contribution in [1.82, 2.24) is 14.7 Å². The van der Waals surface area contributed by atoms with E-state index in [0.717, 1.165) is 43.0 Å². The van der Waals surface area contributed by atoms with Crippen molar-refractivity contribution in [2.24, 2.45) is 5.92 Å². The highest BCUT2D eigenvalue weighted by Crippen LogP contribution is 2.26. The molecule has 1 saturated carbocycles. The van der Waals surface area contributed by atoms with Gasteiger partial charge in [0.15, 0.2) is 6.61 Å². The summed E-state index contributed by atoms with van der Waals surface area (Å²) in [5, 5.41) is 4.31. The number of hydrogen-bond acceptors (Lipinski definition) is 4. The Morgan fingerprint density at radius 1 is 1.29 bits per heavy atom.